The normalized spacial score (nSPS) is 10.2. The first-order chi connectivity index (χ1) is 9.49. The van der Waals surface area contributed by atoms with E-state index < -0.39 is 5.82 Å². The van der Waals surface area contributed by atoms with Gasteiger partial charge in [-0.15, -0.1) is 0 Å². The van der Waals surface area contributed by atoms with Crippen LogP contribution in [0.2, 0.25) is 0 Å². The fourth-order valence-corrected chi connectivity index (χ4v) is 1.97. The number of ketones is 1. The zero-order valence-corrected chi connectivity index (χ0v) is 11.2. The van der Waals surface area contributed by atoms with E-state index in [0.29, 0.717) is 22.4 Å². The second kappa shape index (κ2) is 5.65. The van der Waals surface area contributed by atoms with Crippen LogP contribution in [0.25, 0.3) is 11.1 Å². The number of amides is 1. The first-order valence-corrected chi connectivity index (χ1v) is 6.16. The first kappa shape index (κ1) is 13.9. The highest BCUT2D eigenvalue weighted by Gasteiger charge is 2.12. The van der Waals surface area contributed by atoms with Crippen molar-refractivity contribution in [3.8, 4) is 11.1 Å². The van der Waals surface area contributed by atoms with Crippen molar-refractivity contribution in [2.75, 3.05) is 5.32 Å². The number of carbonyl (C=O) groups excluding carboxylic acids is 2. The van der Waals surface area contributed by atoms with Gasteiger partial charge in [-0.2, -0.15) is 0 Å². The minimum atomic E-state index is -0.437. The van der Waals surface area contributed by atoms with Gasteiger partial charge in [-0.3, -0.25) is 9.59 Å². The number of benzene rings is 2. The lowest BCUT2D eigenvalue weighted by atomic mass is 9.99. The summed E-state index contributed by atoms with van der Waals surface area (Å²) in [5, 5.41) is 2.66. The highest BCUT2D eigenvalue weighted by Crippen LogP contribution is 2.30. The molecule has 0 aromatic heterocycles. The summed E-state index contributed by atoms with van der Waals surface area (Å²) < 4.78 is 14.0. The molecule has 1 amide bonds. The average Bonchev–Trinajstić information content (AvgIpc) is 2.39. The summed E-state index contributed by atoms with van der Waals surface area (Å²) in [6.07, 6.45) is 0. The maximum atomic E-state index is 14.0. The molecule has 0 aliphatic heterocycles. The minimum absolute atomic E-state index is 0.136. The van der Waals surface area contributed by atoms with Gasteiger partial charge in [0.1, 0.15) is 5.82 Å². The van der Waals surface area contributed by atoms with E-state index in [9.17, 15) is 14.0 Å². The van der Waals surface area contributed by atoms with Crippen LogP contribution in [-0.2, 0) is 4.79 Å². The Hall–Kier alpha value is -2.49. The van der Waals surface area contributed by atoms with Crippen molar-refractivity contribution in [1.29, 1.82) is 0 Å². The first-order valence-electron chi connectivity index (χ1n) is 6.16. The summed E-state index contributed by atoms with van der Waals surface area (Å²) in [6, 6.07) is 11.1. The van der Waals surface area contributed by atoms with Gasteiger partial charge in [0, 0.05) is 29.3 Å². The van der Waals surface area contributed by atoms with Gasteiger partial charge < -0.3 is 5.32 Å². The van der Waals surface area contributed by atoms with E-state index in [4.69, 9.17) is 0 Å². The standard InChI is InChI=1S/C16H14FNO2/c1-10(19)12-7-8-15(17)14(9-12)13-5-3-4-6-16(13)18-11(2)20/h3-9H,1-2H3,(H,18,20). The maximum absolute atomic E-state index is 14.0. The molecule has 2 aromatic carbocycles. The molecular formula is C16H14FNO2. The molecular weight excluding hydrogens is 257 g/mol. The second-order valence-electron chi connectivity index (χ2n) is 4.48. The number of nitrogens with one attached hydrogen (secondary N) is 1. The zero-order chi connectivity index (χ0) is 14.7. The van der Waals surface area contributed by atoms with Gasteiger partial charge >= 0.3 is 0 Å². The number of halogens is 1. The molecule has 20 heavy (non-hydrogen) atoms. The molecule has 0 aliphatic carbocycles. The predicted molar refractivity (Wildman–Crippen MR) is 76.1 cm³/mol. The molecule has 102 valence electrons. The van der Waals surface area contributed by atoms with Crippen molar-refractivity contribution in [2.45, 2.75) is 13.8 Å². The molecule has 0 radical (unpaired) electrons. The van der Waals surface area contributed by atoms with Crippen LogP contribution in [0, 0.1) is 5.82 Å². The topological polar surface area (TPSA) is 46.2 Å². The van der Waals surface area contributed by atoms with Gasteiger partial charge in [-0.25, -0.2) is 4.39 Å². The van der Waals surface area contributed by atoms with E-state index >= 15 is 0 Å². The zero-order valence-electron chi connectivity index (χ0n) is 11.2. The van der Waals surface area contributed by atoms with E-state index in [2.05, 4.69) is 5.32 Å². The van der Waals surface area contributed by atoms with Gasteiger partial charge in [-0.1, -0.05) is 18.2 Å². The van der Waals surface area contributed by atoms with Gasteiger partial charge in [0.15, 0.2) is 5.78 Å². The van der Waals surface area contributed by atoms with Gasteiger partial charge in [0.2, 0.25) is 5.91 Å². The Morgan fingerprint density at radius 3 is 2.35 bits per heavy atom. The molecule has 0 unspecified atom stereocenters. The SMILES string of the molecule is CC(=O)Nc1ccccc1-c1cc(C(C)=O)ccc1F. The van der Waals surface area contributed by atoms with Crippen molar-refractivity contribution in [3.05, 3.63) is 53.8 Å². The Bertz CT molecular complexity index is 680. The Morgan fingerprint density at radius 2 is 1.70 bits per heavy atom. The summed E-state index contributed by atoms with van der Waals surface area (Å²) in [7, 11) is 0. The highest BCUT2D eigenvalue weighted by molar-refractivity contribution is 5.97. The monoisotopic (exact) mass is 271 g/mol. The fraction of sp³-hybridized carbons (Fsp3) is 0.125. The Morgan fingerprint density at radius 1 is 1.00 bits per heavy atom. The van der Waals surface area contributed by atoms with Crippen LogP contribution in [0.3, 0.4) is 0 Å². The number of Topliss-reactive ketones (excluding diaryl/α,β-unsaturated/α-hetero) is 1. The summed E-state index contributed by atoms with van der Waals surface area (Å²) in [6.45, 7) is 2.82. The van der Waals surface area contributed by atoms with Crippen molar-refractivity contribution < 1.29 is 14.0 Å². The van der Waals surface area contributed by atoms with Crippen LogP contribution in [0.5, 0.6) is 0 Å². The van der Waals surface area contributed by atoms with Crippen molar-refractivity contribution in [3.63, 3.8) is 0 Å². The largest absolute Gasteiger partial charge is 0.326 e. The molecule has 0 atom stereocenters. The van der Waals surface area contributed by atoms with Crippen LogP contribution in [-0.4, -0.2) is 11.7 Å². The lowest BCUT2D eigenvalue weighted by Crippen LogP contribution is -2.07. The molecule has 0 saturated heterocycles. The number of hydrogen-bond donors (Lipinski definition) is 1. The number of anilines is 1. The summed E-state index contributed by atoms with van der Waals surface area (Å²) in [5.74, 6) is -0.809. The maximum Gasteiger partial charge on any atom is 0.221 e. The number of carbonyl (C=O) groups is 2. The highest BCUT2D eigenvalue weighted by atomic mass is 19.1. The van der Waals surface area contributed by atoms with Crippen molar-refractivity contribution in [2.24, 2.45) is 0 Å². The van der Waals surface area contributed by atoms with E-state index in [1.54, 1.807) is 24.3 Å². The van der Waals surface area contributed by atoms with Crippen molar-refractivity contribution in [1.82, 2.24) is 0 Å². The van der Waals surface area contributed by atoms with Crippen LogP contribution in [0.1, 0.15) is 24.2 Å². The summed E-state index contributed by atoms with van der Waals surface area (Å²) in [4.78, 5) is 22.6. The molecule has 0 bridgehead atoms. The Balaban J connectivity index is 2.59. The van der Waals surface area contributed by atoms with E-state index in [0.717, 1.165) is 0 Å². The van der Waals surface area contributed by atoms with E-state index in [1.165, 1.54) is 32.0 Å². The molecule has 0 heterocycles. The van der Waals surface area contributed by atoms with E-state index in [1.807, 2.05) is 0 Å². The van der Waals surface area contributed by atoms with E-state index in [-0.39, 0.29) is 11.7 Å². The third-order valence-electron chi connectivity index (χ3n) is 2.90. The van der Waals surface area contributed by atoms with Crippen LogP contribution < -0.4 is 5.32 Å². The smallest absolute Gasteiger partial charge is 0.221 e. The molecule has 2 aromatic rings. The molecule has 0 saturated carbocycles. The Labute approximate surface area is 116 Å². The fourth-order valence-electron chi connectivity index (χ4n) is 1.97. The van der Waals surface area contributed by atoms with Gasteiger partial charge in [-0.05, 0) is 31.2 Å². The number of rotatable bonds is 3. The molecule has 4 heteroatoms. The number of para-hydroxylation sites is 1. The Kier molecular flexibility index (Phi) is 3.94. The third-order valence-corrected chi connectivity index (χ3v) is 2.90. The molecule has 0 aliphatic rings. The summed E-state index contributed by atoms with van der Waals surface area (Å²) >= 11 is 0. The second-order valence-corrected chi connectivity index (χ2v) is 4.48. The van der Waals surface area contributed by atoms with Crippen LogP contribution in [0.4, 0.5) is 10.1 Å². The van der Waals surface area contributed by atoms with Crippen LogP contribution in [0.15, 0.2) is 42.5 Å². The summed E-state index contributed by atoms with van der Waals surface area (Å²) in [5.41, 5.74) is 1.78. The predicted octanol–water partition coefficient (Wildman–Crippen LogP) is 3.65. The third kappa shape index (κ3) is 2.91. The minimum Gasteiger partial charge on any atom is -0.326 e. The molecule has 3 nitrogen and oxygen atoms in total. The van der Waals surface area contributed by atoms with Gasteiger partial charge in [0.05, 0.1) is 0 Å². The van der Waals surface area contributed by atoms with Gasteiger partial charge in [0.25, 0.3) is 0 Å². The lowest BCUT2D eigenvalue weighted by molar-refractivity contribution is -0.114. The average molecular weight is 271 g/mol. The molecule has 1 N–H and O–H groups in total. The van der Waals surface area contributed by atoms with Crippen LogP contribution >= 0.6 is 0 Å². The lowest BCUT2D eigenvalue weighted by Gasteiger charge is -2.11. The quantitative estimate of drug-likeness (QED) is 0.866. The molecule has 2 rings (SSSR count). The number of hydrogen-bond acceptors (Lipinski definition) is 2. The molecule has 0 fully saturated rings. The molecule has 0 spiro atoms. The van der Waals surface area contributed by atoms with Crippen molar-refractivity contribution >= 4 is 17.4 Å².